The third kappa shape index (κ3) is 3.02. The van der Waals surface area contributed by atoms with Crippen LogP contribution < -0.4 is 0 Å². The molecule has 0 amide bonds. The van der Waals surface area contributed by atoms with Crippen molar-refractivity contribution in [1.29, 1.82) is 5.26 Å². The van der Waals surface area contributed by atoms with Gasteiger partial charge < -0.3 is 0 Å². The van der Waals surface area contributed by atoms with Crippen LogP contribution in [0, 0.1) is 23.0 Å². The first-order chi connectivity index (χ1) is 13.1. The van der Waals surface area contributed by atoms with Crippen LogP contribution in [0.3, 0.4) is 0 Å². The first kappa shape index (κ1) is 17.4. The van der Waals surface area contributed by atoms with Crippen molar-refractivity contribution >= 4 is 0 Å². The number of rotatable bonds is 3. The number of halogens is 2. The van der Waals surface area contributed by atoms with Gasteiger partial charge in [-0.05, 0) is 64.8 Å². The number of nitriles is 1. The molecule has 134 valence electrons. The summed E-state index contributed by atoms with van der Waals surface area (Å²) in [6.45, 7) is 2.16. The zero-order valence-electron chi connectivity index (χ0n) is 15.2. The van der Waals surface area contributed by atoms with Gasteiger partial charge in [0.05, 0.1) is 5.56 Å². The Labute approximate surface area is 157 Å². The summed E-state index contributed by atoms with van der Waals surface area (Å²) in [6.07, 6.45) is 3.60. The summed E-state index contributed by atoms with van der Waals surface area (Å²) in [5, 5.41) is 8.87. The maximum atomic E-state index is 15.3. The minimum absolute atomic E-state index is 0.0334. The van der Waals surface area contributed by atoms with Gasteiger partial charge in [-0.2, -0.15) is 5.26 Å². The molecule has 0 aliphatic heterocycles. The van der Waals surface area contributed by atoms with Gasteiger partial charge in [0.1, 0.15) is 17.7 Å². The normalized spacial score (nSPS) is 12.2. The second kappa shape index (κ2) is 6.96. The molecule has 0 spiro atoms. The summed E-state index contributed by atoms with van der Waals surface area (Å²) >= 11 is 0. The number of benzene rings is 3. The third-order valence-electron chi connectivity index (χ3n) is 5.29. The Morgan fingerprint density at radius 3 is 2.44 bits per heavy atom. The molecule has 0 heterocycles. The molecule has 3 aromatic carbocycles. The summed E-state index contributed by atoms with van der Waals surface area (Å²) < 4.78 is 29.2. The molecule has 0 saturated heterocycles. The van der Waals surface area contributed by atoms with E-state index in [0.717, 1.165) is 30.4 Å². The molecule has 1 aliphatic rings. The second-order valence-corrected chi connectivity index (χ2v) is 7.00. The largest absolute Gasteiger partial charge is 0.206 e. The fraction of sp³-hybridized carbons (Fsp3) is 0.208. The van der Waals surface area contributed by atoms with Crippen LogP contribution in [0.2, 0.25) is 0 Å². The lowest BCUT2D eigenvalue weighted by atomic mass is 9.82. The smallest absolute Gasteiger partial charge is 0.141 e. The molecule has 1 aliphatic carbocycles. The molecule has 0 saturated carbocycles. The third-order valence-corrected chi connectivity index (χ3v) is 5.29. The van der Waals surface area contributed by atoms with Crippen molar-refractivity contribution in [2.24, 2.45) is 0 Å². The lowest BCUT2D eigenvalue weighted by Crippen LogP contribution is -2.08. The Bertz CT molecular complexity index is 1080. The van der Waals surface area contributed by atoms with Crippen molar-refractivity contribution in [2.75, 3.05) is 0 Å². The number of nitrogens with zero attached hydrogens (tertiary/aromatic N) is 1. The topological polar surface area (TPSA) is 23.8 Å². The molecular formula is C24H19F2N. The molecule has 1 nitrogen and oxygen atoms in total. The number of hydrogen-bond donors (Lipinski definition) is 0. The highest BCUT2D eigenvalue weighted by Crippen LogP contribution is 2.39. The van der Waals surface area contributed by atoms with E-state index in [2.05, 4.69) is 25.1 Å². The van der Waals surface area contributed by atoms with Crippen molar-refractivity contribution in [3.63, 3.8) is 0 Å². The zero-order chi connectivity index (χ0) is 19.0. The number of aryl methyl sites for hydroxylation is 2. The summed E-state index contributed by atoms with van der Waals surface area (Å²) in [4.78, 5) is 0. The van der Waals surface area contributed by atoms with Crippen LogP contribution in [0.15, 0.2) is 48.5 Å². The summed E-state index contributed by atoms with van der Waals surface area (Å²) in [5.41, 5.74) is 6.10. The minimum Gasteiger partial charge on any atom is -0.206 e. The Morgan fingerprint density at radius 2 is 1.70 bits per heavy atom. The van der Waals surface area contributed by atoms with Crippen LogP contribution in [-0.2, 0) is 19.3 Å². The zero-order valence-corrected chi connectivity index (χ0v) is 15.2. The highest BCUT2D eigenvalue weighted by molar-refractivity contribution is 5.78. The van der Waals surface area contributed by atoms with Gasteiger partial charge in [-0.1, -0.05) is 49.7 Å². The van der Waals surface area contributed by atoms with E-state index in [0.29, 0.717) is 23.1 Å². The van der Waals surface area contributed by atoms with E-state index in [9.17, 15) is 4.39 Å². The van der Waals surface area contributed by atoms with Gasteiger partial charge in [-0.3, -0.25) is 0 Å². The lowest BCUT2D eigenvalue weighted by Gasteiger charge is -2.22. The van der Waals surface area contributed by atoms with E-state index in [1.165, 1.54) is 23.3 Å². The molecule has 0 radical (unpaired) electrons. The minimum atomic E-state index is -0.624. The van der Waals surface area contributed by atoms with Gasteiger partial charge >= 0.3 is 0 Å². The van der Waals surface area contributed by atoms with Crippen molar-refractivity contribution in [3.05, 3.63) is 82.4 Å². The highest BCUT2D eigenvalue weighted by Gasteiger charge is 2.22. The monoisotopic (exact) mass is 359 g/mol. The van der Waals surface area contributed by atoms with Crippen molar-refractivity contribution in [3.8, 4) is 28.3 Å². The van der Waals surface area contributed by atoms with Crippen LogP contribution in [0.1, 0.15) is 35.6 Å². The fourth-order valence-corrected chi connectivity index (χ4v) is 3.93. The fourth-order valence-electron chi connectivity index (χ4n) is 3.93. The molecule has 0 aromatic heterocycles. The summed E-state index contributed by atoms with van der Waals surface area (Å²) in [6, 6.07) is 16.1. The van der Waals surface area contributed by atoms with E-state index < -0.39 is 5.82 Å². The standard InChI is InChI=1S/C24H19F2N/c1-2-3-15-4-8-19-16(12-15)7-9-22-21(19)11-10-20(24(22)26)17-5-6-18(14-27)23(25)13-17/h4-6,8,10-13H,2-3,7,9H2,1H3. The first-order valence-electron chi connectivity index (χ1n) is 9.26. The molecular weight excluding hydrogens is 340 g/mol. The van der Waals surface area contributed by atoms with Crippen LogP contribution in [0.4, 0.5) is 8.78 Å². The molecule has 0 N–H and O–H groups in total. The Kier molecular flexibility index (Phi) is 4.49. The number of fused-ring (bicyclic) bond motifs is 3. The van der Waals surface area contributed by atoms with Crippen LogP contribution in [0.25, 0.3) is 22.3 Å². The van der Waals surface area contributed by atoms with E-state index in [-0.39, 0.29) is 11.4 Å². The number of hydrogen-bond acceptors (Lipinski definition) is 1. The van der Waals surface area contributed by atoms with Crippen LogP contribution in [0.5, 0.6) is 0 Å². The quantitative estimate of drug-likeness (QED) is 0.544. The second-order valence-electron chi connectivity index (χ2n) is 7.00. The molecule has 0 fully saturated rings. The van der Waals surface area contributed by atoms with E-state index >= 15 is 4.39 Å². The SMILES string of the molecule is CCCc1ccc2c(c1)CCc1c-2ccc(-c2ccc(C#N)c(F)c2)c1F. The average Bonchev–Trinajstić information content (AvgIpc) is 2.68. The molecule has 3 heteroatoms. The highest BCUT2D eigenvalue weighted by atomic mass is 19.1. The van der Waals surface area contributed by atoms with Gasteiger partial charge in [-0.15, -0.1) is 0 Å². The molecule has 4 rings (SSSR count). The molecule has 0 atom stereocenters. The average molecular weight is 359 g/mol. The summed E-state index contributed by atoms with van der Waals surface area (Å²) in [5.74, 6) is -0.916. The van der Waals surface area contributed by atoms with Gasteiger partial charge in [0.15, 0.2) is 0 Å². The lowest BCUT2D eigenvalue weighted by molar-refractivity contribution is 0.609. The van der Waals surface area contributed by atoms with Gasteiger partial charge in [0.2, 0.25) is 0 Å². The Hall–Kier alpha value is -2.99. The van der Waals surface area contributed by atoms with E-state index in [1.54, 1.807) is 18.2 Å². The van der Waals surface area contributed by atoms with Gasteiger partial charge in [0, 0.05) is 5.56 Å². The maximum Gasteiger partial charge on any atom is 0.141 e. The van der Waals surface area contributed by atoms with Crippen molar-refractivity contribution in [2.45, 2.75) is 32.6 Å². The molecule has 0 unspecified atom stereocenters. The Balaban J connectivity index is 1.79. The predicted molar refractivity (Wildman–Crippen MR) is 103 cm³/mol. The van der Waals surface area contributed by atoms with Gasteiger partial charge in [0.25, 0.3) is 0 Å². The van der Waals surface area contributed by atoms with Crippen molar-refractivity contribution in [1.82, 2.24) is 0 Å². The summed E-state index contributed by atoms with van der Waals surface area (Å²) in [7, 11) is 0. The predicted octanol–water partition coefficient (Wildman–Crippen LogP) is 6.22. The molecule has 3 aromatic rings. The van der Waals surface area contributed by atoms with E-state index in [1.807, 2.05) is 6.07 Å². The maximum absolute atomic E-state index is 15.3. The van der Waals surface area contributed by atoms with Gasteiger partial charge in [-0.25, -0.2) is 8.78 Å². The van der Waals surface area contributed by atoms with E-state index in [4.69, 9.17) is 5.26 Å². The molecule has 27 heavy (non-hydrogen) atoms. The Morgan fingerprint density at radius 1 is 0.926 bits per heavy atom. The van der Waals surface area contributed by atoms with Crippen LogP contribution >= 0.6 is 0 Å². The first-order valence-corrected chi connectivity index (χ1v) is 9.26. The molecule has 0 bridgehead atoms. The van der Waals surface area contributed by atoms with Crippen LogP contribution in [-0.4, -0.2) is 0 Å². The van der Waals surface area contributed by atoms with Crippen molar-refractivity contribution < 1.29 is 8.78 Å².